The van der Waals surface area contributed by atoms with Crippen molar-refractivity contribution >= 4 is 34.5 Å². The van der Waals surface area contributed by atoms with Gasteiger partial charge in [0.2, 0.25) is 0 Å². The Hall–Kier alpha value is -2.79. The van der Waals surface area contributed by atoms with Gasteiger partial charge in [-0.05, 0) is 25.1 Å². The molecule has 1 aliphatic heterocycles. The molecule has 1 N–H and O–H groups in total. The molecule has 4 rings (SSSR count). The van der Waals surface area contributed by atoms with Crippen LogP contribution in [0.5, 0.6) is 0 Å². The van der Waals surface area contributed by atoms with Crippen molar-refractivity contribution in [3.63, 3.8) is 0 Å². The van der Waals surface area contributed by atoms with Gasteiger partial charge in [0, 0.05) is 24.9 Å². The number of benzene rings is 1. The molecule has 1 amide bonds. The number of nitrogens with zero attached hydrogens (tertiary/aromatic N) is 5. The highest BCUT2D eigenvalue weighted by atomic mass is 32.2. The standard InChI is InChI=1S/C16H14N6OS/c1-9-18-11-7-10(3-4-12(11)21(9)2)15(23)19-14-13(8-17)22-5-6-24-16(22)20-14/h3-4,7H,5-6H2,1-2H3,(H,19,23). The van der Waals surface area contributed by atoms with Gasteiger partial charge in [-0.25, -0.2) is 9.97 Å². The van der Waals surface area contributed by atoms with Crippen molar-refractivity contribution in [1.29, 1.82) is 5.26 Å². The van der Waals surface area contributed by atoms with Gasteiger partial charge in [0.1, 0.15) is 11.9 Å². The van der Waals surface area contributed by atoms with E-state index in [0.29, 0.717) is 17.1 Å². The Morgan fingerprint density at radius 2 is 2.25 bits per heavy atom. The van der Waals surface area contributed by atoms with Gasteiger partial charge in [-0.3, -0.25) is 4.79 Å². The maximum absolute atomic E-state index is 12.5. The number of nitrogens with one attached hydrogen (secondary N) is 1. The molecule has 0 saturated heterocycles. The van der Waals surface area contributed by atoms with Crippen LogP contribution in [0.4, 0.5) is 5.82 Å². The Kier molecular flexibility index (Phi) is 3.32. The zero-order valence-electron chi connectivity index (χ0n) is 13.2. The van der Waals surface area contributed by atoms with Crippen molar-refractivity contribution in [2.24, 2.45) is 7.05 Å². The molecular weight excluding hydrogens is 324 g/mol. The normalized spacial score (nSPS) is 13.0. The van der Waals surface area contributed by atoms with Crippen LogP contribution in [-0.2, 0) is 13.6 Å². The molecule has 24 heavy (non-hydrogen) atoms. The molecule has 120 valence electrons. The molecule has 2 aromatic heterocycles. The summed E-state index contributed by atoms with van der Waals surface area (Å²) < 4.78 is 3.81. The van der Waals surface area contributed by atoms with E-state index in [1.54, 1.807) is 23.9 Å². The molecule has 1 aromatic carbocycles. The smallest absolute Gasteiger partial charge is 0.256 e. The first-order valence-electron chi connectivity index (χ1n) is 7.46. The Morgan fingerprint density at radius 3 is 3.04 bits per heavy atom. The van der Waals surface area contributed by atoms with Gasteiger partial charge < -0.3 is 14.5 Å². The predicted molar refractivity (Wildman–Crippen MR) is 91.1 cm³/mol. The third-order valence-electron chi connectivity index (χ3n) is 4.18. The fraction of sp³-hybridized carbons (Fsp3) is 0.250. The second-order valence-corrected chi connectivity index (χ2v) is 6.64. The van der Waals surface area contributed by atoms with Crippen LogP contribution in [0.25, 0.3) is 11.0 Å². The summed E-state index contributed by atoms with van der Waals surface area (Å²) in [6.07, 6.45) is 0. The molecule has 8 heteroatoms. The van der Waals surface area contributed by atoms with Crippen LogP contribution >= 0.6 is 11.8 Å². The number of amides is 1. The van der Waals surface area contributed by atoms with E-state index in [9.17, 15) is 10.1 Å². The topological polar surface area (TPSA) is 88.5 Å². The van der Waals surface area contributed by atoms with Crippen molar-refractivity contribution in [2.45, 2.75) is 18.6 Å². The molecular formula is C16H14N6OS. The van der Waals surface area contributed by atoms with Crippen molar-refractivity contribution in [1.82, 2.24) is 19.1 Å². The largest absolute Gasteiger partial charge is 0.331 e. The van der Waals surface area contributed by atoms with Gasteiger partial charge in [0.15, 0.2) is 16.7 Å². The first-order valence-corrected chi connectivity index (χ1v) is 8.45. The number of carbonyl (C=O) groups excluding carboxylic acids is 1. The molecule has 0 radical (unpaired) electrons. The first kappa shape index (κ1) is 14.8. The van der Waals surface area contributed by atoms with Crippen LogP contribution in [0.15, 0.2) is 23.4 Å². The summed E-state index contributed by atoms with van der Waals surface area (Å²) in [6, 6.07) is 7.51. The minimum Gasteiger partial charge on any atom is -0.331 e. The van der Waals surface area contributed by atoms with E-state index in [2.05, 4.69) is 21.4 Å². The van der Waals surface area contributed by atoms with Gasteiger partial charge in [-0.15, -0.1) is 0 Å². The van der Waals surface area contributed by atoms with E-state index in [0.717, 1.165) is 34.3 Å². The minimum absolute atomic E-state index is 0.293. The average molecular weight is 338 g/mol. The number of aromatic nitrogens is 4. The lowest BCUT2D eigenvalue weighted by molar-refractivity contribution is 0.102. The fourth-order valence-corrected chi connectivity index (χ4v) is 3.77. The minimum atomic E-state index is -0.293. The van der Waals surface area contributed by atoms with Crippen LogP contribution in [0.2, 0.25) is 0 Å². The molecule has 0 saturated carbocycles. The Balaban J connectivity index is 1.67. The number of nitriles is 1. The summed E-state index contributed by atoms with van der Waals surface area (Å²) in [5.41, 5.74) is 2.63. The third kappa shape index (κ3) is 2.17. The maximum atomic E-state index is 12.5. The van der Waals surface area contributed by atoms with E-state index in [-0.39, 0.29) is 5.91 Å². The number of thioether (sulfide) groups is 1. The van der Waals surface area contributed by atoms with E-state index >= 15 is 0 Å². The summed E-state index contributed by atoms with van der Waals surface area (Å²) in [5, 5.41) is 12.9. The number of rotatable bonds is 2. The molecule has 0 spiro atoms. The van der Waals surface area contributed by atoms with Crippen molar-refractivity contribution in [2.75, 3.05) is 11.1 Å². The SMILES string of the molecule is Cc1nc2cc(C(=O)Nc3nc4n(c3C#N)CCS4)ccc2n1C. The van der Waals surface area contributed by atoms with Crippen LogP contribution in [-0.4, -0.2) is 30.8 Å². The first-order chi connectivity index (χ1) is 11.6. The highest BCUT2D eigenvalue weighted by molar-refractivity contribution is 7.99. The maximum Gasteiger partial charge on any atom is 0.256 e. The van der Waals surface area contributed by atoms with Gasteiger partial charge in [-0.2, -0.15) is 5.26 Å². The van der Waals surface area contributed by atoms with Gasteiger partial charge in [0.05, 0.1) is 11.0 Å². The number of anilines is 1. The number of imidazole rings is 2. The molecule has 3 aromatic rings. The number of carbonyl (C=O) groups is 1. The van der Waals surface area contributed by atoms with Gasteiger partial charge in [-0.1, -0.05) is 11.8 Å². The van der Waals surface area contributed by atoms with E-state index in [4.69, 9.17) is 0 Å². The molecule has 0 unspecified atom stereocenters. The second-order valence-electron chi connectivity index (χ2n) is 5.58. The second kappa shape index (κ2) is 5.39. The summed E-state index contributed by atoms with van der Waals surface area (Å²) in [7, 11) is 1.94. The molecule has 0 fully saturated rings. The Labute approximate surface area is 142 Å². The highest BCUT2D eigenvalue weighted by Crippen LogP contribution is 2.30. The third-order valence-corrected chi connectivity index (χ3v) is 5.14. The van der Waals surface area contributed by atoms with Crippen LogP contribution in [0, 0.1) is 18.3 Å². The number of hydrogen-bond acceptors (Lipinski definition) is 5. The lowest BCUT2D eigenvalue weighted by Gasteiger charge is -2.04. The summed E-state index contributed by atoms with van der Waals surface area (Å²) in [6.45, 7) is 2.66. The fourth-order valence-electron chi connectivity index (χ4n) is 2.82. The lowest BCUT2D eigenvalue weighted by atomic mass is 10.2. The van der Waals surface area contributed by atoms with Crippen molar-refractivity contribution in [3.8, 4) is 6.07 Å². The molecule has 0 aliphatic carbocycles. The molecule has 0 bridgehead atoms. The summed E-state index contributed by atoms with van der Waals surface area (Å²) >= 11 is 1.58. The molecule has 1 aliphatic rings. The lowest BCUT2D eigenvalue weighted by Crippen LogP contribution is -2.13. The van der Waals surface area contributed by atoms with Crippen molar-refractivity contribution < 1.29 is 4.79 Å². The quantitative estimate of drug-likeness (QED) is 0.774. The number of hydrogen-bond donors (Lipinski definition) is 1. The van der Waals surface area contributed by atoms with Crippen LogP contribution in [0.3, 0.4) is 0 Å². The van der Waals surface area contributed by atoms with Crippen molar-refractivity contribution in [3.05, 3.63) is 35.3 Å². The summed E-state index contributed by atoms with van der Waals surface area (Å²) in [5.74, 6) is 1.82. The number of fused-ring (bicyclic) bond motifs is 2. The monoisotopic (exact) mass is 338 g/mol. The molecule has 3 heterocycles. The van der Waals surface area contributed by atoms with Crippen LogP contribution < -0.4 is 5.32 Å². The zero-order valence-corrected chi connectivity index (χ0v) is 14.0. The van der Waals surface area contributed by atoms with Gasteiger partial charge >= 0.3 is 0 Å². The van der Waals surface area contributed by atoms with E-state index < -0.39 is 0 Å². The zero-order chi connectivity index (χ0) is 16.8. The average Bonchev–Trinajstić information content (AvgIpc) is 3.21. The Morgan fingerprint density at radius 1 is 1.42 bits per heavy atom. The van der Waals surface area contributed by atoms with Gasteiger partial charge in [0.25, 0.3) is 5.91 Å². The Bertz CT molecular complexity index is 1030. The number of aryl methyl sites for hydroxylation is 2. The van der Waals surface area contributed by atoms with E-state index in [1.807, 2.05) is 29.2 Å². The predicted octanol–water partition coefficient (Wildman–Crippen LogP) is 2.31. The highest BCUT2D eigenvalue weighted by Gasteiger charge is 2.23. The summed E-state index contributed by atoms with van der Waals surface area (Å²) in [4.78, 5) is 21.3. The molecule has 0 atom stereocenters. The van der Waals surface area contributed by atoms with E-state index in [1.165, 1.54) is 0 Å². The molecule has 7 nitrogen and oxygen atoms in total. The van der Waals surface area contributed by atoms with Crippen LogP contribution in [0.1, 0.15) is 21.9 Å².